The highest BCUT2D eigenvalue weighted by molar-refractivity contribution is 7.89. The number of amides is 1. The number of hydrogen-bond donors (Lipinski definition) is 1. The topological polar surface area (TPSA) is 95.0 Å². The molecule has 1 amide bonds. The van der Waals surface area contributed by atoms with Crippen molar-refractivity contribution in [2.75, 3.05) is 19.6 Å². The number of carboxylic acids is 1. The molecule has 7 nitrogen and oxygen atoms in total. The Bertz CT molecular complexity index is 836. The lowest BCUT2D eigenvalue weighted by atomic mass is 10.0. The zero-order valence-corrected chi connectivity index (χ0v) is 16.5. The van der Waals surface area contributed by atoms with Crippen LogP contribution >= 0.6 is 11.6 Å². The number of likely N-dealkylation sites (tertiary alicyclic amines) is 1. The minimum Gasteiger partial charge on any atom is -0.480 e. The van der Waals surface area contributed by atoms with Crippen LogP contribution in [0.5, 0.6) is 0 Å². The third-order valence-electron chi connectivity index (χ3n) is 5.16. The summed E-state index contributed by atoms with van der Waals surface area (Å²) in [6.45, 7) is 1.21. The van der Waals surface area contributed by atoms with E-state index in [2.05, 4.69) is 0 Å². The molecule has 0 aliphatic carbocycles. The first-order valence-corrected chi connectivity index (χ1v) is 11.0. The van der Waals surface area contributed by atoms with Crippen molar-refractivity contribution in [1.82, 2.24) is 9.21 Å². The molecule has 3 rings (SSSR count). The maximum absolute atomic E-state index is 13.0. The lowest BCUT2D eigenvalue weighted by Gasteiger charge is -2.33. The summed E-state index contributed by atoms with van der Waals surface area (Å²) in [4.78, 5) is 25.6. The van der Waals surface area contributed by atoms with E-state index in [1.807, 2.05) is 0 Å². The Kier molecular flexibility index (Phi) is 6.08. The summed E-state index contributed by atoms with van der Waals surface area (Å²) in [6, 6.07) is 3.24. The van der Waals surface area contributed by atoms with E-state index in [0.717, 1.165) is 32.1 Å². The normalized spacial score (nSPS) is 21.8. The zero-order valence-electron chi connectivity index (χ0n) is 14.9. The number of carbonyl (C=O) groups is 2. The van der Waals surface area contributed by atoms with Gasteiger partial charge >= 0.3 is 5.97 Å². The van der Waals surface area contributed by atoms with E-state index in [9.17, 15) is 23.1 Å². The summed E-state index contributed by atoms with van der Waals surface area (Å²) in [5.74, 6) is -1.52. The van der Waals surface area contributed by atoms with Crippen molar-refractivity contribution in [2.24, 2.45) is 0 Å². The van der Waals surface area contributed by atoms with Gasteiger partial charge in [0.1, 0.15) is 10.9 Å². The highest BCUT2D eigenvalue weighted by atomic mass is 35.5. The number of piperidine rings is 2. The van der Waals surface area contributed by atoms with E-state index in [1.54, 1.807) is 0 Å². The molecular formula is C18H23ClN2O5S. The Morgan fingerprint density at radius 2 is 1.70 bits per heavy atom. The average molecular weight is 415 g/mol. The van der Waals surface area contributed by atoms with E-state index in [-0.39, 0.29) is 15.5 Å². The van der Waals surface area contributed by atoms with Crippen LogP contribution in [0.1, 0.15) is 48.9 Å². The van der Waals surface area contributed by atoms with Crippen LogP contribution in [0.4, 0.5) is 0 Å². The van der Waals surface area contributed by atoms with E-state index >= 15 is 0 Å². The molecule has 0 radical (unpaired) electrons. The van der Waals surface area contributed by atoms with Crippen molar-refractivity contribution in [3.63, 3.8) is 0 Å². The van der Waals surface area contributed by atoms with Gasteiger partial charge in [-0.3, -0.25) is 4.79 Å². The number of rotatable bonds is 4. The van der Waals surface area contributed by atoms with Crippen molar-refractivity contribution in [3.05, 3.63) is 28.8 Å². The number of hydrogen-bond acceptors (Lipinski definition) is 4. The van der Waals surface area contributed by atoms with Crippen LogP contribution in [0.3, 0.4) is 0 Å². The molecule has 1 atom stereocenters. The first-order valence-electron chi connectivity index (χ1n) is 9.16. The van der Waals surface area contributed by atoms with Gasteiger partial charge in [-0.25, -0.2) is 13.2 Å². The van der Waals surface area contributed by atoms with Gasteiger partial charge in [-0.2, -0.15) is 4.31 Å². The van der Waals surface area contributed by atoms with Gasteiger partial charge in [0, 0.05) is 25.2 Å². The number of sulfonamides is 1. The van der Waals surface area contributed by atoms with Crippen molar-refractivity contribution < 1.29 is 23.1 Å². The van der Waals surface area contributed by atoms with Gasteiger partial charge in [0.2, 0.25) is 10.0 Å². The molecule has 0 spiro atoms. The predicted octanol–water partition coefficient (Wildman–Crippen LogP) is 2.59. The third-order valence-corrected chi connectivity index (χ3v) is 7.54. The van der Waals surface area contributed by atoms with E-state index in [0.29, 0.717) is 26.1 Å². The van der Waals surface area contributed by atoms with Crippen LogP contribution in [0.2, 0.25) is 5.02 Å². The molecule has 9 heteroatoms. The Labute approximate surface area is 164 Å². The molecule has 0 bridgehead atoms. The van der Waals surface area contributed by atoms with Crippen molar-refractivity contribution in [3.8, 4) is 0 Å². The molecule has 0 unspecified atom stereocenters. The molecule has 2 saturated heterocycles. The fourth-order valence-electron chi connectivity index (χ4n) is 3.68. The summed E-state index contributed by atoms with van der Waals surface area (Å²) < 4.78 is 27.3. The highest BCUT2D eigenvalue weighted by Gasteiger charge is 2.34. The number of carbonyl (C=O) groups excluding carboxylic acids is 1. The molecule has 1 aromatic rings. The molecule has 2 aliphatic heterocycles. The van der Waals surface area contributed by atoms with Gasteiger partial charge in [0.05, 0.1) is 5.02 Å². The van der Waals surface area contributed by atoms with Crippen LogP contribution in [0, 0.1) is 0 Å². The smallest absolute Gasteiger partial charge is 0.326 e. The molecule has 2 fully saturated rings. The number of carboxylic acid groups (broad SMARTS) is 1. The lowest BCUT2D eigenvalue weighted by molar-refractivity contribution is -0.143. The largest absolute Gasteiger partial charge is 0.480 e. The van der Waals surface area contributed by atoms with Gasteiger partial charge in [-0.05, 0) is 50.3 Å². The Morgan fingerprint density at radius 3 is 2.37 bits per heavy atom. The molecular weight excluding hydrogens is 392 g/mol. The van der Waals surface area contributed by atoms with Gasteiger partial charge < -0.3 is 10.0 Å². The van der Waals surface area contributed by atoms with Crippen LogP contribution in [-0.4, -0.2) is 60.3 Å². The fraction of sp³-hybridized carbons (Fsp3) is 0.556. The zero-order chi connectivity index (χ0) is 19.6. The summed E-state index contributed by atoms with van der Waals surface area (Å²) in [5, 5.41) is 9.45. The van der Waals surface area contributed by atoms with Crippen LogP contribution in [0.25, 0.3) is 0 Å². The molecule has 2 aliphatic rings. The monoisotopic (exact) mass is 414 g/mol. The Hall–Kier alpha value is -1.64. The number of benzene rings is 1. The molecule has 27 heavy (non-hydrogen) atoms. The van der Waals surface area contributed by atoms with Gasteiger partial charge in [0.15, 0.2) is 0 Å². The number of halogens is 1. The molecule has 1 aromatic carbocycles. The standard InChI is InChI=1S/C18H23ClN2O5S/c19-14-8-7-13(17(22)21-11-5-2-6-15(21)18(23)24)12-16(14)27(25,26)20-9-3-1-4-10-20/h7-8,12,15H,1-6,9-11H2,(H,23,24)/t15-/m1/s1. The second-order valence-corrected chi connectivity index (χ2v) is 9.27. The summed E-state index contributed by atoms with van der Waals surface area (Å²) in [7, 11) is -3.79. The second kappa shape index (κ2) is 8.16. The molecule has 2 heterocycles. The minimum absolute atomic E-state index is 0.0607. The fourth-order valence-corrected chi connectivity index (χ4v) is 5.69. The van der Waals surface area contributed by atoms with E-state index in [1.165, 1.54) is 27.4 Å². The van der Waals surface area contributed by atoms with Crippen molar-refractivity contribution in [2.45, 2.75) is 49.5 Å². The first kappa shape index (κ1) is 20.1. The maximum atomic E-state index is 13.0. The number of nitrogens with zero attached hydrogens (tertiary/aromatic N) is 2. The third kappa shape index (κ3) is 4.12. The first-order chi connectivity index (χ1) is 12.8. The quantitative estimate of drug-likeness (QED) is 0.817. The van der Waals surface area contributed by atoms with E-state index < -0.39 is 27.9 Å². The maximum Gasteiger partial charge on any atom is 0.326 e. The van der Waals surface area contributed by atoms with Crippen molar-refractivity contribution in [1.29, 1.82) is 0 Å². The summed E-state index contributed by atoms with van der Waals surface area (Å²) in [5.41, 5.74) is 0.142. The average Bonchev–Trinajstić information content (AvgIpc) is 2.68. The predicted molar refractivity (Wildman–Crippen MR) is 100 cm³/mol. The summed E-state index contributed by atoms with van der Waals surface area (Å²) in [6.07, 6.45) is 4.45. The van der Waals surface area contributed by atoms with Crippen molar-refractivity contribution >= 4 is 33.5 Å². The van der Waals surface area contributed by atoms with Crippen LogP contribution in [0.15, 0.2) is 23.1 Å². The summed E-state index contributed by atoms with van der Waals surface area (Å²) >= 11 is 6.14. The SMILES string of the molecule is O=C(O)[C@H]1CCCCN1C(=O)c1ccc(Cl)c(S(=O)(=O)N2CCCCC2)c1. The van der Waals surface area contributed by atoms with Gasteiger partial charge in [0.25, 0.3) is 5.91 Å². The molecule has 148 valence electrons. The number of aliphatic carboxylic acids is 1. The second-order valence-electron chi connectivity index (χ2n) is 6.96. The minimum atomic E-state index is -3.79. The molecule has 0 aromatic heterocycles. The lowest BCUT2D eigenvalue weighted by Crippen LogP contribution is -2.48. The Morgan fingerprint density at radius 1 is 1.04 bits per heavy atom. The van der Waals surface area contributed by atoms with Gasteiger partial charge in [-0.15, -0.1) is 0 Å². The van der Waals surface area contributed by atoms with Gasteiger partial charge in [-0.1, -0.05) is 18.0 Å². The van der Waals surface area contributed by atoms with Crippen LogP contribution < -0.4 is 0 Å². The van der Waals surface area contributed by atoms with E-state index in [4.69, 9.17) is 11.6 Å². The Balaban J connectivity index is 1.92. The van der Waals surface area contributed by atoms with Crippen LogP contribution in [-0.2, 0) is 14.8 Å². The molecule has 1 N–H and O–H groups in total. The molecule has 0 saturated carbocycles. The highest BCUT2D eigenvalue weighted by Crippen LogP contribution is 2.29.